The lowest BCUT2D eigenvalue weighted by Crippen LogP contribution is -2.48. The molecule has 1 aromatic heterocycles. The Morgan fingerprint density at radius 1 is 0.941 bits per heavy atom. The van der Waals surface area contributed by atoms with E-state index in [9.17, 15) is 9.59 Å². The highest BCUT2D eigenvalue weighted by atomic mass is 35.5. The Hall–Kier alpha value is -2.51. The van der Waals surface area contributed by atoms with Gasteiger partial charge in [-0.3, -0.25) is 14.5 Å². The van der Waals surface area contributed by atoms with Crippen molar-refractivity contribution in [2.75, 3.05) is 32.8 Å². The average molecular weight is 521 g/mol. The standard InChI is InChI=1S/C25H24Cl3N3O3/c26-20-3-1-18(22(28)15-20)6-12-34-23-14-19(2-4-21(23)27)25(33)31-10-8-30(9-11-31)16-17-5-7-29-24(32)13-17/h1-5,7,13-15H,6,8-12,16H2,(H,29,32). The molecule has 3 aromatic rings. The number of piperazine rings is 1. The van der Waals surface area contributed by atoms with Crippen molar-refractivity contribution in [2.45, 2.75) is 13.0 Å². The number of halogens is 3. The van der Waals surface area contributed by atoms with Gasteiger partial charge >= 0.3 is 0 Å². The monoisotopic (exact) mass is 519 g/mol. The second-order valence-electron chi connectivity index (χ2n) is 8.11. The van der Waals surface area contributed by atoms with E-state index in [0.717, 1.165) is 24.2 Å². The maximum atomic E-state index is 13.1. The molecule has 0 radical (unpaired) electrons. The molecule has 0 bridgehead atoms. The molecule has 1 amide bonds. The fourth-order valence-corrected chi connectivity index (χ4v) is 4.55. The summed E-state index contributed by atoms with van der Waals surface area (Å²) in [6.07, 6.45) is 2.24. The van der Waals surface area contributed by atoms with Gasteiger partial charge in [-0.1, -0.05) is 40.9 Å². The molecule has 6 nitrogen and oxygen atoms in total. The van der Waals surface area contributed by atoms with Gasteiger partial charge in [-0.15, -0.1) is 0 Å². The molecule has 2 aromatic carbocycles. The van der Waals surface area contributed by atoms with Crippen molar-refractivity contribution in [2.24, 2.45) is 0 Å². The van der Waals surface area contributed by atoms with Crippen LogP contribution in [-0.2, 0) is 13.0 Å². The maximum Gasteiger partial charge on any atom is 0.254 e. The number of benzene rings is 2. The zero-order chi connectivity index (χ0) is 24.1. The Bertz CT molecular complexity index is 1220. The van der Waals surface area contributed by atoms with E-state index in [2.05, 4.69) is 9.88 Å². The van der Waals surface area contributed by atoms with Crippen LogP contribution < -0.4 is 10.3 Å². The Labute approximate surface area is 213 Å². The summed E-state index contributed by atoms with van der Waals surface area (Å²) in [5.41, 5.74) is 2.31. The number of hydrogen-bond acceptors (Lipinski definition) is 4. The van der Waals surface area contributed by atoms with Gasteiger partial charge in [-0.25, -0.2) is 0 Å². The fraction of sp³-hybridized carbons (Fsp3) is 0.280. The molecule has 0 unspecified atom stereocenters. The zero-order valence-corrected chi connectivity index (χ0v) is 20.7. The second-order valence-corrected chi connectivity index (χ2v) is 9.36. The lowest BCUT2D eigenvalue weighted by molar-refractivity contribution is 0.0628. The van der Waals surface area contributed by atoms with Crippen LogP contribution in [-0.4, -0.2) is 53.5 Å². The molecule has 0 spiro atoms. The number of pyridine rings is 1. The molecule has 34 heavy (non-hydrogen) atoms. The molecule has 0 saturated carbocycles. The van der Waals surface area contributed by atoms with E-state index in [0.29, 0.717) is 59.0 Å². The summed E-state index contributed by atoms with van der Waals surface area (Å²) in [6, 6.07) is 13.9. The van der Waals surface area contributed by atoms with E-state index < -0.39 is 0 Å². The number of amides is 1. The first-order chi connectivity index (χ1) is 16.4. The molecular weight excluding hydrogens is 497 g/mol. The molecule has 0 aliphatic carbocycles. The minimum absolute atomic E-state index is 0.0573. The Balaban J connectivity index is 1.33. The molecule has 178 valence electrons. The molecule has 1 saturated heterocycles. The van der Waals surface area contributed by atoms with Crippen molar-refractivity contribution < 1.29 is 9.53 Å². The van der Waals surface area contributed by atoms with Gasteiger partial charge in [0.1, 0.15) is 5.75 Å². The van der Waals surface area contributed by atoms with Crippen LogP contribution in [0.1, 0.15) is 21.5 Å². The van der Waals surface area contributed by atoms with Crippen LogP contribution in [0, 0.1) is 0 Å². The van der Waals surface area contributed by atoms with Gasteiger partial charge in [0, 0.05) is 67.0 Å². The molecule has 9 heteroatoms. The summed E-state index contributed by atoms with van der Waals surface area (Å²) in [4.78, 5) is 31.3. The number of aromatic amines is 1. The van der Waals surface area contributed by atoms with Crippen molar-refractivity contribution in [1.29, 1.82) is 0 Å². The van der Waals surface area contributed by atoms with Crippen LogP contribution in [0.2, 0.25) is 15.1 Å². The van der Waals surface area contributed by atoms with Crippen LogP contribution >= 0.6 is 34.8 Å². The summed E-state index contributed by atoms with van der Waals surface area (Å²) in [5.74, 6) is 0.406. The molecule has 1 aliphatic rings. The predicted molar refractivity (Wildman–Crippen MR) is 135 cm³/mol. The second kappa shape index (κ2) is 11.3. The number of rotatable bonds is 7. The summed E-state index contributed by atoms with van der Waals surface area (Å²) < 4.78 is 5.87. The quantitative estimate of drug-likeness (QED) is 0.480. The van der Waals surface area contributed by atoms with Gasteiger partial charge < -0.3 is 14.6 Å². The Kier molecular flexibility index (Phi) is 8.16. The maximum absolute atomic E-state index is 13.1. The number of H-pyrrole nitrogens is 1. The Morgan fingerprint density at radius 3 is 2.47 bits per heavy atom. The van der Waals surface area contributed by atoms with Gasteiger partial charge in [0.15, 0.2) is 0 Å². The van der Waals surface area contributed by atoms with Crippen molar-refractivity contribution in [3.05, 3.63) is 96.8 Å². The molecule has 1 fully saturated rings. The highest BCUT2D eigenvalue weighted by molar-refractivity contribution is 6.35. The lowest BCUT2D eigenvalue weighted by Gasteiger charge is -2.34. The normalized spacial score (nSPS) is 14.3. The molecular formula is C25H24Cl3N3O3. The third-order valence-corrected chi connectivity index (χ3v) is 6.63. The van der Waals surface area contributed by atoms with Crippen LogP contribution in [0.4, 0.5) is 0 Å². The number of carbonyl (C=O) groups is 1. The van der Waals surface area contributed by atoms with Crippen LogP contribution in [0.25, 0.3) is 0 Å². The molecule has 1 N–H and O–H groups in total. The SMILES string of the molecule is O=C(c1ccc(Cl)c(OCCc2ccc(Cl)cc2Cl)c1)N1CCN(Cc2cc[nH]c(=O)c2)CC1. The highest BCUT2D eigenvalue weighted by Crippen LogP contribution is 2.27. The minimum Gasteiger partial charge on any atom is -0.492 e. The van der Waals surface area contributed by atoms with Gasteiger partial charge in [-0.2, -0.15) is 0 Å². The van der Waals surface area contributed by atoms with Crippen LogP contribution in [0.3, 0.4) is 0 Å². The molecule has 1 aliphatic heterocycles. The van der Waals surface area contributed by atoms with Gasteiger partial charge in [-0.05, 0) is 47.5 Å². The fourth-order valence-electron chi connectivity index (χ4n) is 3.88. The highest BCUT2D eigenvalue weighted by Gasteiger charge is 2.23. The van der Waals surface area contributed by atoms with Crippen molar-refractivity contribution in [1.82, 2.24) is 14.8 Å². The third-order valence-electron chi connectivity index (χ3n) is 5.73. The number of nitrogens with zero attached hydrogens (tertiary/aromatic N) is 2. The van der Waals surface area contributed by atoms with E-state index in [-0.39, 0.29) is 11.5 Å². The first-order valence-electron chi connectivity index (χ1n) is 10.9. The van der Waals surface area contributed by atoms with Crippen LogP contribution in [0.15, 0.2) is 59.5 Å². The number of carbonyl (C=O) groups excluding carboxylic acids is 1. The topological polar surface area (TPSA) is 65.6 Å². The van der Waals surface area contributed by atoms with E-state index in [1.165, 1.54) is 0 Å². The average Bonchev–Trinajstić information content (AvgIpc) is 2.82. The van der Waals surface area contributed by atoms with Gasteiger partial charge in [0.05, 0.1) is 11.6 Å². The van der Waals surface area contributed by atoms with Gasteiger partial charge in [0.2, 0.25) is 5.56 Å². The minimum atomic E-state index is -0.108. The molecule has 2 heterocycles. The van der Waals surface area contributed by atoms with Gasteiger partial charge in [0.25, 0.3) is 5.91 Å². The van der Waals surface area contributed by atoms with E-state index in [1.807, 2.05) is 17.0 Å². The summed E-state index contributed by atoms with van der Waals surface area (Å²) in [7, 11) is 0. The summed E-state index contributed by atoms with van der Waals surface area (Å²) >= 11 is 18.5. The zero-order valence-electron chi connectivity index (χ0n) is 18.4. The van der Waals surface area contributed by atoms with Crippen molar-refractivity contribution >= 4 is 40.7 Å². The number of aromatic nitrogens is 1. The smallest absolute Gasteiger partial charge is 0.254 e. The predicted octanol–water partition coefficient (Wildman–Crippen LogP) is 4.91. The largest absolute Gasteiger partial charge is 0.492 e. The first kappa shape index (κ1) is 24.6. The van der Waals surface area contributed by atoms with E-state index in [1.54, 1.807) is 42.6 Å². The third kappa shape index (κ3) is 6.33. The lowest BCUT2D eigenvalue weighted by atomic mass is 10.1. The van der Waals surface area contributed by atoms with Crippen molar-refractivity contribution in [3.8, 4) is 5.75 Å². The summed E-state index contributed by atoms with van der Waals surface area (Å²) in [5, 5.41) is 1.62. The summed E-state index contributed by atoms with van der Waals surface area (Å²) in [6.45, 7) is 3.72. The van der Waals surface area contributed by atoms with Crippen molar-refractivity contribution in [3.63, 3.8) is 0 Å². The number of ether oxygens (including phenoxy) is 1. The first-order valence-corrected chi connectivity index (χ1v) is 12.1. The van der Waals surface area contributed by atoms with E-state index in [4.69, 9.17) is 39.5 Å². The number of hydrogen-bond donors (Lipinski definition) is 1. The number of nitrogens with one attached hydrogen (secondary N) is 1. The Morgan fingerprint density at radius 2 is 1.74 bits per heavy atom. The molecule has 4 rings (SSSR count). The molecule has 0 atom stereocenters. The van der Waals surface area contributed by atoms with E-state index >= 15 is 0 Å². The van der Waals surface area contributed by atoms with Crippen LogP contribution in [0.5, 0.6) is 5.75 Å².